The molecule has 2 aromatic carbocycles. The zero-order chi connectivity index (χ0) is 32.2. The minimum Gasteiger partial charge on any atom is -0.428 e. The summed E-state index contributed by atoms with van der Waals surface area (Å²) in [5.41, 5.74) is 5.08. The van der Waals surface area contributed by atoms with Crippen molar-refractivity contribution >= 4 is 18.1 Å². The molecule has 2 saturated heterocycles. The summed E-state index contributed by atoms with van der Waals surface area (Å²) in [6.07, 6.45) is 0. The largest absolute Gasteiger partial charge is 0.428 e. The Morgan fingerprint density at radius 3 is 1.14 bits per heavy atom. The van der Waals surface area contributed by atoms with Gasteiger partial charge < -0.3 is 23.0 Å². The van der Waals surface area contributed by atoms with E-state index in [0.29, 0.717) is 19.8 Å². The van der Waals surface area contributed by atoms with Crippen molar-refractivity contribution in [2.45, 2.75) is 125 Å². The van der Waals surface area contributed by atoms with Crippen molar-refractivity contribution in [3.63, 3.8) is 0 Å². The molecule has 0 radical (unpaired) electrons. The highest BCUT2D eigenvalue weighted by atomic mass is 31.1. The molecule has 1 atom stereocenters. The van der Waals surface area contributed by atoms with Crippen LogP contribution in [-0.4, -0.2) is 25.8 Å². The first-order valence-corrected chi connectivity index (χ1v) is 17.0. The normalized spacial score (nSPS) is 22.7. The lowest BCUT2D eigenvalue weighted by Crippen LogP contribution is -2.66. The fourth-order valence-electron chi connectivity index (χ4n) is 5.67. The highest BCUT2D eigenvalue weighted by molar-refractivity contribution is 7.26. The van der Waals surface area contributed by atoms with Crippen LogP contribution in [-0.2, 0) is 39.8 Å². The number of aryl methyl sites for hydroxylation is 2. The smallest absolute Gasteiger partial charge is 0.389 e. The fraction of sp³-hybridized carbons (Fsp3) is 0.657. The lowest BCUT2D eigenvalue weighted by Gasteiger charge is -2.51. The Balaban J connectivity index is 2.08. The number of hydrogen-bond acceptors (Lipinski definition) is 6. The van der Waals surface area contributed by atoms with Gasteiger partial charge in [-0.1, -0.05) is 118 Å². The summed E-state index contributed by atoms with van der Waals surface area (Å²) in [5, 5.41) is 0. The molecule has 0 bridgehead atoms. The maximum absolute atomic E-state index is 7.40. The van der Waals surface area contributed by atoms with E-state index in [-0.39, 0.29) is 39.7 Å². The molecular formula is C35H54O6P2. The van der Waals surface area contributed by atoms with Gasteiger partial charge in [-0.2, -0.15) is 0 Å². The average molecular weight is 633 g/mol. The van der Waals surface area contributed by atoms with Gasteiger partial charge in [0.05, 0.1) is 19.8 Å². The molecule has 0 amide bonds. The van der Waals surface area contributed by atoms with E-state index in [1.54, 1.807) is 0 Å². The molecule has 6 nitrogen and oxygen atoms in total. The molecule has 43 heavy (non-hydrogen) atoms. The van der Waals surface area contributed by atoms with Gasteiger partial charge in [0, 0.05) is 22.3 Å². The van der Waals surface area contributed by atoms with Crippen molar-refractivity contribution in [3.8, 4) is 11.5 Å². The van der Waals surface area contributed by atoms with Gasteiger partial charge in [-0.25, -0.2) is 0 Å². The monoisotopic (exact) mass is 632 g/mol. The Hall–Kier alpha value is -1.26. The van der Waals surface area contributed by atoms with Gasteiger partial charge in [0.15, 0.2) is 18.1 Å². The van der Waals surface area contributed by atoms with Crippen LogP contribution in [0.2, 0.25) is 0 Å². The molecular weight excluding hydrogens is 578 g/mol. The van der Waals surface area contributed by atoms with E-state index in [1.165, 1.54) is 11.1 Å². The van der Waals surface area contributed by atoms with Crippen LogP contribution >= 0.6 is 18.1 Å². The Kier molecular flexibility index (Phi) is 9.52. The Bertz CT molecular complexity index is 1160. The Labute approximate surface area is 264 Å². The van der Waals surface area contributed by atoms with Crippen LogP contribution in [0.1, 0.15) is 116 Å². The van der Waals surface area contributed by atoms with Gasteiger partial charge in [-0.15, -0.1) is 0 Å². The molecule has 0 saturated carbocycles. The van der Waals surface area contributed by atoms with E-state index in [9.17, 15) is 0 Å². The molecule has 0 aliphatic carbocycles. The first-order valence-electron chi connectivity index (χ1n) is 15.3. The third-order valence-corrected chi connectivity index (χ3v) is 9.36. The molecule has 1 spiro atoms. The van der Waals surface area contributed by atoms with Gasteiger partial charge >= 0.3 is 5.97 Å². The quantitative estimate of drug-likeness (QED) is 0.247. The molecule has 0 N–H and O–H groups in total. The summed E-state index contributed by atoms with van der Waals surface area (Å²) in [6, 6.07) is 8.92. The maximum atomic E-state index is 7.40. The predicted octanol–water partition coefficient (Wildman–Crippen LogP) is 9.70. The van der Waals surface area contributed by atoms with Crippen LogP contribution in [0, 0.1) is 19.3 Å². The van der Waals surface area contributed by atoms with Gasteiger partial charge in [0.25, 0.3) is 0 Å². The molecule has 8 heteroatoms. The van der Waals surface area contributed by atoms with E-state index in [2.05, 4.69) is 121 Å². The SMILES string of the molecule is Cc1cc(C(C)(C)C)c(OC2(Oc3c(C(C)(C)C)cc(C)cc3C(C)(C)C)OPOCC23COPOC3)c(C(C)(C)C)c1. The summed E-state index contributed by atoms with van der Waals surface area (Å²) >= 11 is 0. The standard InChI is InChI=1S/C35H54O6P2/c1-22-15-24(30(3,4)5)28(25(16-22)31(6,7)8)39-35(34(21-38-43-41-35)19-36-42-37-20-34)40-29-26(32(9,10)11)17-23(2)18-27(29)33(12,13)14/h15-18,42-43H,19-21H2,1-14H3. The van der Waals surface area contributed by atoms with Crippen molar-refractivity contribution in [2.75, 3.05) is 19.8 Å². The van der Waals surface area contributed by atoms with Gasteiger partial charge in [0.2, 0.25) is 0 Å². The second-order valence-electron chi connectivity index (χ2n) is 16.6. The average Bonchev–Trinajstić information content (AvgIpc) is 2.85. The first-order chi connectivity index (χ1) is 19.6. The van der Waals surface area contributed by atoms with Crippen LogP contribution in [0.15, 0.2) is 24.3 Å². The third kappa shape index (κ3) is 7.11. The number of hydrogen-bond donors (Lipinski definition) is 0. The van der Waals surface area contributed by atoms with Crippen molar-refractivity contribution in [2.24, 2.45) is 5.41 Å². The van der Waals surface area contributed by atoms with Crippen LogP contribution < -0.4 is 9.47 Å². The van der Waals surface area contributed by atoms with Crippen LogP contribution in [0.4, 0.5) is 0 Å². The van der Waals surface area contributed by atoms with E-state index in [4.69, 9.17) is 27.6 Å². The van der Waals surface area contributed by atoms with Crippen LogP contribution in [0.3, 0.4) is 0 Å². The van der Waals surface area contributed by atoms with Crippen molar-refractivity contribution in [1.29, 1.82) is 0 Å². The van der Waals surface area contributed by atoms with E-state index < -0.39 is 11.4 Å². The molecule has 2 aromatic rings. The van der Waals surface area contributed by atoms with Crippen molar-refractivity contribution in [3.05, 3.63) is 57.6 Å². The molecule has 2 aliphatic heterocycles. The van der Waals surface area contributed by atoms with Crippen molar-refractivity contribution < 1.29 is 27.6 Å². The van der Waals surface area contributed by atoms with Crippen molar-refractivity contribution in [1.82, 2.24) is 0 Å². The zero-order valence-electron chi connectivity index (χ0n) is 28.9. The maximum Gasteiger partial charge on any atom is 0.389 e. The molecule has 2 fully saturated rings. The number of ether oxygens (including phenoxy) is 2. The summed E-state index contributed by atoms with van der Waals surface area (Å²) in [4.78, 5) is 0. The van der Waals surface area contributed by atoms with Gasteiger partial charge in [-0.3, -0.25) is 4.52 Å². The summed E-state index contributed by atoms with van der Waals surface area (Å²) in [7, 11) is -0.332. The lowest BCUT2D eigenvalue weighted by atomic mass is 9.78. The lowest BCUT2D eigenvalue weighted by molar-refractivity contribution is -0.352. The second kappa shape index (κ2) is 11.8. The highest BCUT2D eigenvalue weighted by Gasteiger charge is 2.64. The first kappa shape index (κ1) is 34.6. The summed E-state index contributed by atoms with van der Waals surface area (Å²) in [6.45, 7) is 31.9. The van der Waals surface area contributed by atoms with E-state index >= 15 is 0 Å². The second-order valence-corrected chi connectivity index (χ2v) is 18.0. The summed E-state index contributed by atoms with van der Waals surface area (Å²) in [5.74, 6) is -0.0168. The van der Waals surface area contributed by atoms with Gasteiger partial charge in [-0.05, 0) is 35.5 Å². The number of benzene rings is 2. The number of rotatable bonds is 4. The minimum absolute atomic E-state index is 0.0571. The highest BCUT2D eigenvalue weighted by Crippen LogP contribution is 2.55. The summed E-state index contributed by atoms with van der Waals surface area (Å²) < 4.78 is 39.5. The Morgan fingerprint density at radius 2 is 0.837 bits per heavy atom. The predicted molar refractivity (Wildman–Crippen MR) is 179 cm³/mol. The molecule has 240 valence electrons. The topological polar surface area (TPSA) is 55.4 Å². The Morgan fingerprint density at radius 1 is 0.535 bits per heavy atom. The minimum atomic E-state index is -1.58. The van der Waals surface area contributed by atoms with E-state index in [0.717, 1.165) is 33.8 Å². The molecule has 1 unspecified atom stereocenters. The fourth-order valence-corrected chi connectivity index (χ4v) is 7.23. The molecule has 0 aromatic heterocycles. The molecule has 2 aliphatic rings. The molecule has 2 heterocycles. The van der Waals surface area contributed by atoms with Gasteiger partial charge in [0.1, 0.15) is 16.9 Å². The third-order valence-electron chi connectivity index (χ3n) is 8.22. The van der Waals surface area contributed by atoms with Crippen LogP contribution in [0.5, 0.6) is 11.5 Å². The van der Waals surface area contributed by atoms with Crippen LogP contribution in [0.25, 0.3) is 0 Å². The zero-order valence-corrected chi connectivity index (χ0v) is 30.9. The molecule has 4 rings (SSSR count). The van der Waals surface area contributed by atoms with E-state index in [1.807, 2.05) is 0 Å².